The van der Waals surface area contributed by atoms with E-state index in [0.717, 1.165) is 35.0 Å². The molecule has 1 saturated carbocycles. The van der Waals surface area contributed by atoms with Crippen LogP contribution in [0.4, 0.5) is 8.78 Å². The second-order valence-electron chi connectivity index (χ2n) is 7.29. The molecular weight excluding hydrogens is 394 g/mol. The molecule has 1 N–H and O–H groups in total. The minimum Gasteiger partial charge on any atom is -0.347 e. The van der Waals surface area contributed by atoms with Crippen molar-refractivity contribution < 1.29 is 8.78 Å². The number of thiocarbonyl (C=S) groups is 1. The maximum Gasteiger partial charge on any atom is 0.241 e. The number of rotatable bonds is 1. The Kier molecular flexibility index (Phi) is 3.84. The van der Waals surface area contributed by atoms with Gasteiger partial charge in [0, 0.05) is 21.4 Å². The van der Waals surface area contributed by atoms with Crippen LogP contribution in [0.1, 0.15) is 43.7 Å². The lowest BCUT2D eigenvalue weighted by molar-refractivity contribution is -0.00435. The fourth-order valence-corrected chi connectivity index (χ4v) is 5.32. The minimum atomic E-state index is -2.22. The standard InChI is InChI=1S/C18H19BrF2N2S/c1-10-16(24)23-18(22-10)14-8-13(19)3-2-12(14)9-17(18)6-4-11(5-7-17)15(20)21/h2-3,8,11,15H,4-7,9H2,1H3,(H,23,24). The Morgan fingerprint density at radius 1 is 1.33 bits per heavy atom. The first-order valence-electron chi connectivity index (χ1n) is 8.33. The van der Waals surface area contributed by atoms with Gasteiger partial charge in [-0.2, -0.15) is 0 Å². The Balaban J connectivity index is 1.80. The molecule has 0 aromatic heterocycles. The number of halogens is 3. The average molecular weight is 413 g/mol. The van der Waals surface area contributed by atoms with E-state index in [4.69, 9.17) is 17.2 Å². The van der Waals surface area contributed by atoms with Crippen molar-refractivity contribution in [3.63, 3.8) is 0 Å². The summed E-state index contributed by atoms with van der Waals surface area (Å²) >= 11 is 9.02. The van der Waals surface area contributed by atoms with Crippen molar-refractivity contribution in [2.75, 3.05) is 0 Å². The Labute approximate surface area is 154 Å². The molecule has 1 atom stereocenters. The molecule has 6 heteroatoms. The molecule has 4 rings (SSSR count). The van der Waals surface area contributed by atoms with Gasteiger partial charge in [-0.05, 0) is 56.7 Å². The number of hydrogen-bond acceptors (Lipinski definition) is 2. The Bertz CT molecular complexity index is 741. The van der Waals surface area contributed by atoms with Crippen LogP contribution >= 0.6 is 28.1 Å². The van der Waals surface area contributed by atoms with Crippen molar-refractivity contribution in [1.82, 2.24) is 5.32 Å². The zero-order chi connectivity index (χ0) is 17.1. The van der Waals surface area contributed by atoms with Crippen LogP contribution in [0.5, 0.6) is 0 Å². The predicted molar refractivity (Wildman–Crippen MR) is 98.8 cm³/mol. The van der Waals surface area contributed by atoms with Gasteiger partial charge in [0.1, 0.15) is 4.99 Å². The highest BCUT2D eigenvalue weighted by Gasteiger charge is 2.61. The van der Waals surface area contributed by atoms with Crippen LogP contribution in [-0.4, -0.2) is 17.1 Å². The molecule has 0 amide bonds. The number of fused-ring (bicyclic) bond motifs is 3. The summed E-state index contributed by atoms with van der Waals surface area (Å²) in [6.07, 6.45) is 1.26. The van der Waals surface area contributed by atoms with Crippen LogP contribution in [0.3, 0.4) is 0 Å². The van der Waals surface area contributed by atoms with Crippen molar-refractivity contribution >= 4 is 38.8 Å². The predicted octanol–water partition coefficient (Wildman–Crippen LogP) is 4.99. The third kappa shape index (κ3) is 2.22. The highest BCUT2D eigenvalue weighted by molar-refractivity contribution is 9.10. The lowest BCUT2D eigenvalue weighted by Gasteiger charge is -2.46. The third-order valence-corrected chi connectivity index (χ3v) is 6.95. The van der Waals surface area contributed by atoms with Crippen LogP contribution in [0.25, 0.3) is 0 Å². The smallest absolute Gasteiger partial charge is 0.241 e. The van der Waals surface area contributed by atoms with Crippen LogP contribution in [0, 0.1) is 11.3 Å². The van der Waals surface area contributed by atoms with Crippen LogP contribution in [0.15, 0.2) is 27.7 Å². The summed E-state index contributed by atoms with van der Waals surface area (Å²) in [5.41, 5.74) is 2.49. The molecule has 1 aliphatic heterocycles. The molecule has 3 aliphatic rings. The summed E-state index contributed by atoms with van der Waals surface area (Å²) in [4.78, 5) is 5.66. The SMILES string of the molecule is CC1=NC2(NC1=S)c1cc(Br)ccc1CC21CCC(C(F)F)CC1. The van der Waals surface area contributed by atoms with E-state index >= 15 is 0 Å². The lowest BCUT2D eigenvalue weighted by Crippen LogP contribution is -2.52. The number of aliphatic imine (C=N–C) groups is 1. The second-order valence-corrected chi connectivity index (χ2v) is 8.62. The number of alkyl halides is 2. The van der Waals surface area contributed by atoms with Crippen LogP contribution in [-0.2, 0) is 12.1 Å². The molecule has 1 aromatic rings. The summed E-state index contributed by atoms with van der Waals surface area (Å²) in [5.74, 6) is -0.485. The topological polar surface area (TPSA) is 24.4 Å². The van der Waals surface area contributed by atoms with Gasteiger partial charge in [-0.1, -0.05) is 34.2 Å². The molecule has 1 heterocycles. The highest BCUT2D eigenvalue weighted by atomic mass is 79.9. The van der Waals surface area contributed by atoms with Crippen molar-refractivity contribution in [2.45, 2.75) is 51.1 Å². The van der Waals surface area contributed by atoms with Crippen molar-refractivity contribution in [3.8, 4) is 0 Å². The van der Waals surface area contributed by atoms with Gasteiger partial charge in [0.15, 0.2) is 5.66 Å². The summed E-state index contributed by atoms with van der Waals surface area (Å²) in [6.45, 7) is 1.93. The highest BCUT2D eigenvalue weighted by Crippen LogP contribution is 2.60. The first kappa shape index (κ1) is 16.6. The molecule has 2 spiro atoms. The fourth-order valence-electron chi connectivity index (χ4n) is 4.76. The van der Waals surface area contributed by atoms with Crippen molar-refractivity contribution in [3.05, 3.63) is 33.8 Å². The van der Waals surface area contributed by atoms with Gasteiger partial charge >= 0.3 is 0 Å². The van der Waals surface area contributed by atoms with Crippen LogP contribution in [0.2, 0.25) is 0 Å². The Morgan fingerprint density at radius 3 is 2.62 bits per heavy atom. The molecule has 24 heavy (non-hydrogen) atoms. The third-order valence-electron chi connectivity index (χ3n) is 6.06. The first-order chi connectivity index (χ1) is 11.4. The molecule has 1 aromatic carbocycles. The van der Waals surface area contributed by atoms with Crippen LogP contribution < -0.4 is 5.32 Å². The van der Waals surface area contributed by atoms with E-state index in [-0.39, 0.29) is 5.41 Å². The Hall–Kier alpha value is -0.880. The second kappa shape index (κ2) is 5.56. The Morgan fingerprint density at radius 2 is 2.04 bits per heavy atom. The largest absolute Gasteiger partial charge is 0.347 e. The van der Waals surface area contributed by atoms with Gasteiger partial charge in [-0.3, -0.25) is 4.99 Å². The summed E-state index contributed by atoms with van der Waals surface area (Å²) in [6, 6.07) is 6.28. The molecule has 2 aliphatic carbocycles. The molecule has 128 valence electrons. The number of benzene rings is 1. The van der Waals surface area contributed by atoms with Gasteiger partial charge in [0.25, 0.3) is 0 Å². The lowest BCUT2D eigenvalue weighted by atomic mass is 9.64. The monoisotopic (exact) mass is 412 g/mol. The molecule has 0 radical (unpaired) electrons. The molecule has 0 bridgehead atoms. The van der Waals surface area contributed by atoms with Crippen molar-refractivity contribution in [2.24, 2.45) is 16.3 Å². The number of nitrogens with zero attached hydrogens (tertiary/aromatic N) is 1. The minimum absolute atomic E-state index is 0.163. The molecular formula is C18H19BrF2N2S. The van der Waals surface area contributed by atoms with E-state index in [0.29, 0.717) is 17.8 Å². The van der Waals surface area contributed by atoms with Crippen molar-refractivity contribution in [1.29, 1.82) is 0 Å². The molecule has 0 saturated heterocycles. The maximum absolute atomic E-state index is 13.1. The van der Waals surface area contributed by atoms with Gasteiger partial charge in [-0.25, -0.2) is 8.78 Å². The van der Waals surface area contributed by atoms with E-state index in [2.05, 4.69) is 33.4 Å². The normalized spacial score (nSPS) is 34.8. The van der Waals surface area contributed by atoms with Gasteiger partial charge in [-0.15, -0.1) is 0 Å². The van der Waals surface area contributed by atoms with Gasteiger partial charge in [0.2, 0.25) is 6.43 Å². The summed E-state index contributed by atoms with van der Waals surface area (Å²) in [7, 11) is 0. The fraction of sp³-hybridized carbons (Fsp3) is 0.556. The summed E-state index contributed by atoms with van der Waals surface area (Å²) in [5, 5.41) is 3.49. The zero-order valence-corrected chi connectivity index (χ0v) is 15.8. The zero-order valence-electron chi connectivity index (χ0n) is 13.4. The first-order valence-corrected chi connectivity index (χ1v) is 9.53. The number of nitrogens with one attached hydrogen (secondary N) is 1. The van der Waals surface area contributed by atoms with E-state index in [1.54, 1.807) is 0 Å². The van der Waals surface area contributed by atoms with E-state index in [9.17, 15) is 8.78 Å². The molecule has 2 nitrogen and oxygen atoms in total. The van der Waals surface area contributed by atoms with Gasteiger partial charge in [0.05, 0.1) is 5.71 Å². The maximum atomic E-state index is 13.1. The van der Waals surface area contributed by atoms with E-state index in [1.165, 1.54) is 5.56 Å². The summed E-state index contributed by atoms with van der Waals surface area (Å²) < 4.78 is 27.3. The van der Waals surface area contributed by atoms with Gasteiger partial charge < -0.3 is 5.32 Å². The van der Waals surface area contributed by atoms with E-state index in [1.807, 2.05) is 13.0 Å². The number of hydrogen-bond donors (Lipinski definition) is 1. The quantitative estimate of drug-likeness (QED) is 0.656. The molecule has 1 fully saturated rings. The molecule has 1 unspecified atom stereocenters. The van der Waals surface area contributed by atoms with E-state index < -0.39 is 18.0 Å². The average Bonchev–Trinajstić information content (AvgIpc) is 2.97.